The molecule has 0 radical (unpaired) electrons. The third kappa shape index (κ3) is 4.50. The largest absolute Gasteiger partial charge is 0.497 e. The number of carbonyl (C=O) groups excluding carboxylic acids is 1. The Morgan fingerprint density at radius 2 is 1.89 bits per heavy atom. The first-order valence-electron chi connectivity index (χ1n) is 11.6. The molecule has 2 aliphatic heterocycles. The van der Waals surface area contributed by atoms with E-state index < -0.39 is 12.0 Å². The maximum atomic E-state index is 12.6. The van der Waals surface area contributed by atoms with Crippen molar-refractivity contribution in [1.29, 1.82) is 5.26 Å². The van der Waals surface area contributed by atoms with Gasteiger partial charge < -0.3 is 34.3 Å². The van der Waals surface area contributed by atoms with E-state index in [4.69, 9.17) is 29.4 Å². The van der Waals surface area contributed by atoms with Crippen molar-refractivity contribution < 1.29 is 28.5 Å². The fourth-order valence-corrected chi connectivity index (χ4v) is 4.41. The molecule has 2 aromatic carbocycles. The van der Waals surface area contributed by atoms with Gasteiger partial charge in [0.05, 0.1) is 44.6 Å². The number of nitrogens with zero attached hydrogens (tertiary/aromatic N) is 3. The number of rotatable bonds is 5. The SMILES string of the molecule is COc1ccc(-c2[nH]nc3c2[C@@H](c2ccc(OC(=O)N4CCOCC4)c(OC)c2)C(C#N)=C(N)O3)cc1. The number of nitrogens with one attached hydrogen (secondary N) is 1. The van der Waals surface area contributed by atoms with E-state index in [9.17, 15) is 10.1 Å². The molecule has 3 heterocycles. The van der Waals surface area contributed by atoms with Gasteiger partial charge in [0.25, 0.3) is 0 Å². The quantitative estimate of drug-likeness (QED) is 0.536. The lowest BCUT2D eigenvalue weighted by Crippen LogP contribution is -2.42. The van der Waals surface area contributed by atoms with E-state index in [2.05, 4.69) is 16.3 Å². The van der Waals surface area contributed by atoms with Gasteiger partial charge in [-0.15, -0.1) is 5.10 Å². The summed E-state index contributed by atoms with van der Waals surface area (Å²) >= 11 is 0. The number of benzene rings is 2. The third-order valence-electron chi connectivity index (χ3n) is 6.31. The van der Waals surface area contributed by atoms with E-state index in [-0.39, 0.29) is 23.1 Å². The van der Waals surface area contributed by atoms with Crippen molar-refractivity contribution in [3.63, 3.8) is 0 Å². The van der Waals surface area contributed by atoms with Gasteiger partial charge in [0.1, 0.15) is 17.4 Å². The van der Waals surface area contributed by atoms with Gasteiger partial charge in [0.2, 0.25) is 11.8 Å². The van der Waals surface area contributed by atoms with Gasteiger partial charge in [-0.25, -0.2) is 4.79 Å². The van der Waals surface area contributed by atoms with Crippen LogP contribution in [0.1, 0.15) is 17.0 Å². The summed E-state index contributed by atoms with van der Waals surface area (Å²) in [6.07, 6.45) is -0.485. The Morgan fingerprint density at radius 1 is 1.14 bits per heavy atom. The lowest BCUT2D eigenvalue weighted by Gasteiger charge is -2.27. The predicted octanol–water partition coefficient (Wildman–Crippen LogP) is 3.14. The van der Waals surface area contributed by atoms with E-state index >= 15 is 0 Å². The first kappa shape index (κ1) is 24.0. The Hall–Kier alpha value is -4.69. The Balaban J connectivity index is 1.54. The molecule has 11 nitrogen and oxygen atoms in total. The topological polar surface area (TPSA) is 145 Å². The van der Waals surface area contributed by atoms with Crippen LogP contribution >= 0.6 is 0 Å². The molecule has 11 heteroatoms. The zero-order chi connectivity index (χ0) is 25.9. The number of ether oxygens (including phenoxy) is 5. The van der Waals surface area contributed by atoms with Crippen LogP contribution in [0.15, 0.2) is 53.9 Å². The van der Waals surface area contributed by atoms with Gasteiger partial charge in [-0.2, -0.15) is 5.26 Å². The van der Waals surface area contributed by atoms with Gasteiger partial charge in [-0.05, 0) is 42.0 Å². The predicted molar refractivity (Wildman–Crippen MR) is 131 cm³/mol. The van der Waals surface area contributed by atoms with E-state index in [0.717, 1.165) is 5.56 Å². The monoisotopic (exact) mass is 503 g/mol. The summed E-state index contributed by atoms with van der Waals surface area (Å²) in [4.78, 5) is 14.2. The van der Waals surface area contributed by atoms with Gasteiger partial charge in [0.15, 0.2) is 11.5 Å². The zero-order valence-electron chi connectivity index (χ0n) is 20.3. The number of hydrogen-bond donors (Lipinski definition) is 2. The van der Waals surface area contributed by atoms with Crippen molar-refractivity contribution in [2.75, 3.05) is 40.5 Å². The molecule has 0 spiro atoms. The van der Waals surface area contributed by atoms with Gasteiger partial charge in [-0.3, -0.25) is 5.10 Å². The molecule has 0 saturated carbocycles. The lowest BCUT2D eigenvalue weighted by atomic mass is 9.83. The van der Waals surface area contributed by atoms with E-state index in [0.29, 0.717) is 54.6 Å². The number of allylic oxidation sites excluding steroid dienone is 1. The first-order valence-corrected chi connectivity index (χ1v) is 11.6. The molecule has 3 N–H and O–H groups in total. The summed E-state index contributed by atoms with van der Waals surface area (Å²) in [5, 5.41) is 17.3. The van der Waals surface area contributed by atoms with Crippen LogP contribution in [0.2, 0.25) is 0 Å². The summed E-state index contributed by atoms with van der Waals surface area (Å²) in [6, 6.07) is 14.7. The fourth-order valence-electron chi connectivity index (χ4n) is 4.41. The number of nitriles is 1. The molecule has 2 aliphatic rings. The number of amides is 1. The number of nitrogens with two attached hydrogens (primary N) is 1. The Bertz CT molecular complexity index is 1390. The van der Waals surface area contributed by atoms with Crippen LogP contribution in [0, 0.1) is 11.3 Å². The molecule has 37 heavy (non-hydrogen) atoms. The minimum atomic E-state index is -0.609. The fraction of sp³-hybridized carbons (Fsp3) is 0.269. The first-order chi connectivity index (χ1) is 18.0. The number of aromatic amines is 1. The molecule has 5 rings (SSSR count). The Labute approximate surface area is 212 Å². The number of morpholine rings is 1. The van der Waals surface area contributed by atoms with E-state index in [1.807, 2.05) is 24.3 Å². The number of H-pyrrole nitrogens is 1. The van der Waals surface area contributed by atoms with Crippen LogP contribution in [0.3, 0.4) is 0 Å². The standard InChI is InChI=1S/C26H25N5O6/c1-33-17-6-3-15(4-7-17)23-22-21(18(14-27)24(28)37-25(22)30-29-23)16-5-8-19(20(13-16)34-2)36-26(32)31-9-11-35-12-10-31/h3-8,13,21H,9-12,28H2,1-2H3,(H,29,30)/t21-/m0/s1. The van der Waals surface area contributed by atoms with E-state index in [1.54, 1.807) is 30.2 Å². The smallest absolute Gasteiger partial charge is 0.415 e. The van der Waals surface area contributed by atoms with Crippen LogP contribution in [0.5, 0.6) is 23.1 Å². The van der Waals surface area contributed by atoms with E-state index in [1.165, 1.54) is 7.11 Å². The molecule has 1 fully saturated rings. The number of fused-ring (bicyclic) bond motifs is 1. The van der Waals surface area contributed by atoms with Crippen molar-refractivity contribution in [3.8, 4) is 40.5 Å². The average Bonchev–Trinajstić information content (AvgIpc) is 3.36. The summed E-state index contributed by atoms with van der Waals surface area (Å²) in [7, 11) is 3.08. The van der Waals surface area contributed by atoms with Crippen LogP contribution in [-0.2, 0) is 4.74 Å². The lowest BCUT2D eigenvalue weighted by molar-refractivity contribution is 0.0413. The van der Waals surface area contributed by atoms with Crippen molar-refractivity contribution in [1.82, 2.24) is 15.1 Å². The molecule has 1 saturated heterocycles. The van der Waals surface area contributed by atoms with Gasteiger partial charge >= 0.3 is 6.09 Å². The summed E-state index contributed by atoms with van der Waals surface area (Å²) in [5.74, 6) is 0.926. The van der Waals surface area contributed by atoms with Gasteiger partial charge in [-0.1, -0.05) is 6.07 Å². The Morgan fingerprint density at radius 3 is 2.57 bits per heavy atom. The maximum Gasteiger partial charge on any atom is 0.415 e. The molecule has 3 aromatic rings. The van der Waals surface area contributed by atoms with Crippen LogP contribution < -0.4 is 24.7 Å². The third-order valence-corrected chi connectivity index (χ3v) is 6.31. The summed E-state index contributed by atoms with van der Waals surface area (Å²) in [5.41, 5.74) is 9.17. The van der Waals surface area contributed by atoms with Crippen LogP contribution in [-0.4, -0.2) is 61.7 Å². The molecular weight excluding hydrogens is 478 g/mol. The molecule has 0 unspecified atom stereocenters. The second-order valence-corrected chi connectivity index (χ2v) is 8.35. The summed E-state index contributed by atoms with van der Waals surface area (Å²) < 4.78 is 27.4. The highest BCUT2D eigenvalue weighted by atomic mass is 16.6. The number of aromatic nitrogens is 2. The molecule has 1 aromatic heterocycles. The zero-order valence-corrected chi connectivity index (χ0v) is 20.3. The minimum Gasteiger partial charge on any atom is -0.497 e. The second kappa shape index (κ2) is 10.1. The molecular formula is C26H25N5O6. The molecule has 1 amide bonds. The normalized spacial score (nSPS) is 16.9. The molecule has 0 bridgehead atoms. The van der Waals surface area contributed by atoms with Crippen LogP contribution in [0.25, 0.3) is 11.3 Å². The Kier molecular flexibility index (Phi) is 6.57. The average molecular weight is 504 g/mol. The highest BCUT2D eigenvalue weighted by Crippen LogP contribution is 2.47. The van der Waals surface area contributed by atoms with Gasteiger partial charge in [0, 0.05) is 18.7 Å². The minimum absolute atomic E-state index is 0.0328. The molecule has 1 atom stereocenters. The number of methoxy groups -OCH3 is 2. The molecule has 0 aliphatic carbocycles. The van der Waals surface area contributed by atoms with Crippen LogP contribution in [0.4, 0.5) is 4.79 Å². The highest BCUT2D eigenvalue weighted by molar-refractivity contribution is 5.73. The maximum absolute atomic E-state index is 12.6. The highest BCUT2D eigenvalue weighted by Gasteiger charge is 2.36. The van der Waals surface area contributed by atoms with Crippen molar-refractivity contribution >= 4 is 6.09 Å². The number of hydrogen-bond acceptors (Lipinski definition) is 9. The molecule has 190 valence electrons. The second-order valence-electron chi connectivity index (χ2n) is 8.35. The van der Waals surface area contributed by atoms with Crippen molar-refractivity contribution in [2.24, 2.45) is 5.73 Å². The summed E-state index contributed by atoms with van der Waals surface area (Å²) in [6.45, 7) is 1.83. The van der Waals surface area contributed by atoms with Crippen molar-refractivity contribution in [2.45, 2.75) is 5.92 Å². The van der Waals surface area contributed by atoms with Crippen molar-refractivity contribution in [3.05, 3.63) is 65.0 Å². The number of carbonyl (C=O) groups is 1.